The molecule has 0 amide bonds. The molecule has 0 aliphatic rings. The second-order valence-electron chi connectivity index (χ2n) is 3.11. The van der Waals surface area contributed by atoms with Crippen LogP contribution in [0.2, 0.25) is 5.15 Å². The first kappa shape index (κ1) is 13.0. The lowest BCUT2D eigenvalue weighted by Gasteiger charge is -2.03. The number of hydrogen-bond acceptors (Lipinski definition) is 4. The Morgan fingerprint density at radius 2 is 2.38 bits per heavy atom. The van der Waals surface area contributed by atoms with E-state index >= 15 is 0 Å². The third kappa shape index (κ3) is 2.95. The van der Waals surface area contributed by atoms with E-state index in [1.165, 1.54) is 10.9 Å². The number of imidazole rings is 1. The first-order valence-electron chi connectivity index (χ1n) is 4.52. The summed E-state index contributed by atoms with van der Waals surface area (Å²) < 4.78 is 27.1. The summed E-state index contributed by atoms with van der Waals surface area (Å²) in [4.78, 5) is 3.70. The predicted octanol–water partition coefficient (Wildman–Crippen LogP) is 0.656. The molecule has 1 aromatic heterocycles. The number of aromatic nitrogens is 2. The third-order valence-corrected chi connectivity index (χ3v) is 3.80. The Balaban J connectivity index is 2.72. The average Bonchev–Trinajstić information content (AvgIpc) is 2.55. The minimum atomic E-state index is -3.67. The molecule has 0 bridgehead atoms. The van der Waals surface area contributed by atoms with Crippen LogP contribution in [0.15, 0.2) is 11.4 Å². The summed E-state index contributed by atoms with van der Waals surface area (Å²) >= 11 is 5.76. The van der Waals surface area contributed by atoms with Gasteiger partial charge in [-0.15, -0.1) is 0 Å². The zero-order valence-electron chi connectivity index (χ0n) is 8.64. The van der Waals surface area contributed by atoms with Crippen molar-refractivity contribution >= 4 is 21.6 Å². The molecular weight excluding hydrogens is 252 g/mol. The second-order valence-corrected chi connectivity index (χ2v) is 5.15. The van der Waals surface area contributed by atoms with E-state index in [0.717, 1.165) is 0 Å². The minimum Gasteiger partial charge on any atom is -0.324 e. The van der Waals surface area contributed by atoms with Crippen molar-refractivity contribution in [2.45, 2.75) is 17.9 Å². The predicted molar refractivity (Wildman–Crippen MR) is 58.3 cm³/mol. The number of unbranched alkanes of at least 4 members (excludes halogenated alkanes) is 1. The molecule has 8 heteroatoms. The number of nitrogens with one attached hydrogen (secondary N) is 1. The molecule has 0 radical (unpaired) electrons. The number of halogens is 1. The van der Waals surface area contributed by atoms with Crippen LogP contribution in [0.25, 0.3) is 0 Å². The third-order valence-electron chi connectivity index (χ3n) is 1.85. The first-order chi connectivity index (χ1) is 7.49. The summed E-state index contributed by atoms with van der Waals surface area (Å²) in [7, 11) is -2.07. The summed E-state index contributed by atoms with van der Waals surface area (Å²) in [6, 6.07) is 1.93. The normalized spacial score (nSPS) is 11.3. The fraction of sp³-hybridized carbons (Fsp3) is 0.500. The van der Waals surface area contributed by atoms with Crippen molar-refractivity contribution < 1.29 is 8.42 Å². The molecule has 0 aliphatic carbocycles. The monoisotopic (exact) mass is 262 g/mol. The lowest BCUT2D eigenvalue weighted by atomic mass is 10.3. The molecule has 0 spiro atoms. The van der Waals surface area contributed by atoms with Gasteiger partial charge in [0.05, 0.1) is 12.4 Å². The maximum absolute atomic E-state index is 11.7. The van der Waals surface area contributed by atoms with Gasteiger partial charge in [-0.05, 0) is 6.42 Å². The molecule has 0 aliphatic heterocycles. The molecule has 0 saturated carbocycles. The van der Waals surface area contributed by atoms with Gasteiger partial charge in [0.1, 0.15) is 5.15 Å². The van der Waals surface area contributed by atoms with Crippen LogP contribution in [-0.2, 0) is 17.1 Å². The Bertz CT molecular complexity index is 503. The van der Waals surface area contributed by atoms with Crippen molar-refractivity contribution in [3.8, 4) is 6.07 Å². The van der Waals surface area contributed by atoms with Crippen molar-refractivity contribution in [1.29, 1.82) is 5.26 Å². The van der Waals surface area contributed by atoms with Crippen LogP contribution in [0, 0.1) is 11.3 Å². The fourth-order valence-electron chi connectivity index (χ4n) is 1.02. The van der Waals surface area contributed by atoms with Crippen LogP contribution in [0.5, 0.6) is 0 Å². The van der Waals surface area contributed by atoms with Crippen LogP contribution in [-0.4, -0.2) is 24.5 Å². The van der Waals surface area contributed by atoms with Crippen molar-refractivity contribution in [2.24, 2.45) is 7.05 Å². The van der Waals surface area contributed by atoms with Gasteiger partial charge in [0.15, 0.2) is 0 Å². The molecule has 6 nitrogen and oxygen atoms in total. The van der Waals surface area contributed by atoms with Crippen molar-refractivity contribution in [3.05, 3.63) is 11.5 Å². The molecule has 0 saturated heterocycles. The van der Waals surface area contributed by atoms with E-state index in [0.29, 0.717) is 12.8 Å². The number of sulfonamides is 1. The summed E-state index contributed by atoms with van der Waals surface area (Å²) in [5.74, 6) is 0. The molecule has 16 heavy (non-hydrogen) atoms. The fourth-order valence-corrected chi connectivity index (χ4v) is 2.52. The zero-order valence-corrected chi connectivity index (χ0v) is 10.2. The summed E-state index contributed by atoms with van der Waals surface area (Å²) in [6.07, 6.45) is 2.09. The quantitative estimate of drug-likeness (QED) is 0.790. The second kappa shape index (κ2) is 5.30. The number of rotatable bonds is 5. The van der Waals surface area contributed by atoms with Gasteiger partial charge in [0, 0.05) is 20.0 Å². The highest BCUT2D eigenvalue weighted by Gasteiger charge is 2.21. The van der Waals surface area contributed by atoms with E-state index in [4.69, 9.17) is 16.9 Å². The number of aryl methyl sites for hydroxylation is 1. The number of nitrogens with zero attached hydrogens (tertiary/aromatic N) is 3. The van der Waals surface area contributed by atoms with Crippen molar-refractivity contribution in [2.75, 3.05) is 6.54 Å². The van der Waals surface area contributed by atoms with E-state index in [-0.39, 0.29) is 16.7 Å². The molecule has 0 atom stereocenters. The minimum absolute atomic E-state index is 0.0628. The van der Waals surface area contributed by atoms with Crippen LogP contribution in [0.3, 0.4) is 0 Å². The topological polar surface area (TPSA) is 87.8 Å². The van der Waals surface area contributed by atoms with E-state index in [9.17, 15) is 8.42 Å². The number of hydrogen-bond donors (Lipinski definition) is 1. The van der Waals surface area contributed by atoms with Crippen molar-refractivity contribution in [1.82, 2.24) is 14.3 Å². The maximum Gasteiger partial charge on any atom is 0.261 e. The van der Waals surface area contributed by atoms with Gasteiger partial charge in [-0.2, -0.15) is 5.26 Å². The molecule has 0 unspecified atom stereocenters. The molecule has 0 fully saturated rings. The average molecular weight is 263 g/mol. The van der Waals surface area contributed by atoms with Gasteiger partial charge < -0.3 is 4.57 Å². The van der Waals surface area contributed by atoms with Gasteiger partial charge in [0.25, 0.3) is 10.0 Å². The standard InChI is InChI=1S/C8H11ClN4O2S/c1-13-6-11-8(7(13)9)16(14,15)12-5-3-2-4-10/h6,12H,2-3,5H2,1H3. The summed E-state index contributed by atoms with van der Waals surface area (Å²) in [5, 5.41) is 8.17. The van der Waals surface area contributed by atoms with E-state index < -0.39 is 10.0 Å². The maximum atomic E-state index is 11.7. The Labute approximate surface area is 98.9 Å². The first-order valence-corrected chi connectivity index (χ1v) is 6.38. The highest BCUT2D eigenvalue weighted by molar-refractivity contribution is 7.89. The van der Waals surface area contributed by atoms with Crippen LogP contribution in [0.1, 0.15) is 12.8 Å². The van der Waals surface area contributed by atoms with Crippen LogP contribution < -0.4 is 4.72 Å². The molecule has 1 heterocycles. The molecular formula is C8H11ClN4O2S. The molecule has 0 aromatic carbocycles. The lowest BCUT2D eigenvalue weighted by molar-refractivity contribution is 0.576. The van der Waals surface area contributed by atoms with Gasteiger partial charge in [-0.1, -0.05) is 11.6 Å². The van der Waals surface area contributed by atoms with Crippen LogP contribution >= 0.6 is 11.6 Å². The molecule has 1 rings (SSSR count). The van der Waals surface area contributed by atoms with E-state index in [1.54, 1.807) is 7.05 Å². The van der Waals surface area contributed by atoms with Crippen molar-refractivity contribution in [3.63, 3.8) is 0 Å². The Morgan fingerprint density at radius 3 is 2.88 bits per heavy atom. The SMILES string of the molecule is Cn1cnc(S(=O)(=O)NCCCC#N)c1Cl. The van der Waals surface area contributed by atoms with Gasteiger partial charge >= 0.3 is 0 Å². The van der Waals surface area contributed by atoms with Gasteiger partial charge in [-0.25, -0.2) is 18.1 Å². The Morgan fingerprint density at radius 1 is 1.69 bits per heavy atom. The molecule has 88 valence electrons. The summed E-state index contributed by atoms with van der Waals surface area (Å²) in [5.41, 5.74) is 0. The Hall–Kier alpha value is -1.10. The van der Waals surface area contributed by atoms with Crippen LogP contribution in [0.4, 0.5) is 0 Å². The lowest BCUT2D eigenvalue weighted by Crippen LogP contribution is -2.25. The zero-order chi connectivity index (χ0) is 12.2. The van der Waals surface area contributed by atoms with Gasteiger partial charge in [0.2, 0.25) is 5.03 Å². The smallest absolute Gasteiger partial charge is 0.261 e. The van der Waals surface area contributed by atoms with E-state index in [2.05, 4.69) is 9.71 Å². The van der Waals surface area contributed by atoms with Gasteiger partial charge in [-0.3, -0.25) is 0 Å². The highest BCUT2D eigenvalue weighted by Crippen LogP contribution is 2.17. The molecule has 1 aromatic rings. The molecule has 1 N–H and O–H groups in total. The van der Waals surface area contributed by atoms with E-state index in [1.807, 2.05) is 6.07 Å². The summed E-state index contributed by atoms with van der Waals surface area (Å²) in [6.45, 7) is 0.197. The Kier molecular flexibility index (Phi) is 4.29. The number of nitriles is 1. The highest BCUT2D eigenvalue weighted by atomic mass is 35.5. The largest absolute Gasteiger partial charge is 0.324 e.